The minimum atomic E-state index is -0.144. The van der Waals surface area contributed by atoms with Gasteiger partial charge < -0.3 is 9.84 Å². The summed E-state index contributed by atoms with van der Waals surface area (Å²) in [4.78, 5) is 0. The average Bonchev–Trinajstić information content (AvgIpc) is 2.30. The Bertz CT molecular complexity index is 374. The lowest BCUT2D eigenvalue weighted by molar-refractivity contribution is -0.0118. The average molecular weight is 275 g/mol. The summed E-state index contributed by atoms with van der Waals surface area (Å²) in [5.41, 5.74) is 0.960. The zero-order valence-corrected chi connectivity index (χ0v) is 11.0. The number of benzene rings is 1. The lowest BCUT2D eigenvalue weighted by atomic mass is 9.95. The van der Waals surface area contributed by atoms with E-state index in [1.807, 2.05) is 12.1 Å². The minimum Gasteiger partial charge on any atom is -0.393 e. The second-order valence-corrected chi connectivity index (χ2v) is 5.32. The van der Waals surface area contributed by atoms with Crippen LogP contribution in [-0.2, 0) is 11.3 Å². The molecule has 0 bridgehead atoms. The molecule has 4 heteroatoms. The van der Waals surface area contributed by atoms with Gasteiger partial charge in [-0.05, 0) is 43.4 Å². The molecule has 1 aliphatic rings. The van der Waals surface area contributed by atoms with Gasteiger partial charge in [0.25, 0.3) is 0 Å². The third-order valence-corrected chi connectivity index (χ3v) is 3.72. The largest absolute Gasteiger partial charge is 0.393 e. The lowest BCUT2D eigenvalue weighted by Gasteiger charge is -2.25. The zero-order chi connectivity index (χ0) is 12.3. The van der Waals surface area contributed by atoms with Crippen molar-refractivity contribution in [1.82, 2.24) is 0 Å². The summed E-state index contributed by atoms with van der Waals surface area (Å²) in [5.74, 6) is 0. The minimum absolute atomic E-state index is 0.144. The van der Waals surface area contributed by atoms with E-state index >= 15 is 0 Å². The van der Waals surface area contributed by atoms with Crippen LogP contribution in [0.25, 0.3) is 0 Å². The molecule has 1 fully saturated rings. The van der Waals surface area contributed by atoms with E-state index in [0.29, 0.717) is 16.7 Å². The number of halogens is 2. The molecule has 0 aliphatic heterocycles. The zero-order valence-electron chi connectivity index (χ0n) is 9.53. The molecule has 0 aromatic heterocycles. The fourth-order valence-electron chi connectivity index (χ4n) is 2.06. The van der Waals surface area contributed by atoms with Gasteiger partial charge in [0.1, 0.15) is 0 Å². The SMILES string of the molecule is OC1CCC(OCc2ccc(Cl)cc2Cl)CC1. The van der Waals surface area contributed by atoms with E-state index < -0.39 is 0 Å². The van der Waals surface area contributed by atoms with Crippen molar-refractivity contribution in [2.75, 3.05) is 0 Å². The predicted octanol–water partition coefficient (Wildman–Crippen LogP) is 3.81. The second-order valence-electron chi connectivity index (χ2n) is 4.48. The van der Waals surface area contributed by atoms with Crippen LogP contribution in [0, 0.1) is 0 Å². The highest BCUT2D eigenvalue weighted by Gasteiger charge is 2.19. The number of hydrogen-bond donors (Lipinski definition) is 1. The summed E-state index contributed by atoms with van der Waals surface area (Å²) in [7, 11) is 0. The summed E-state index contributed by atoms with van der Waals surface area (Å²) in [5, 5.41) is 10.7. The van der Waals surface area contributed by atoms with Crippen LogP contribution in [0.1, 0.15) is 31.2 Å². The molecule has 94 valence electrons. The standard InChI is InChI=1S/C13H16Cl2O2/c14-10-2-1-9(13(15)7-10)8-17-12-5-3-11(16)4-6-12/h1-2,7,11-12,16H,3-6,8H2. The Morgan fingerprint density at radius 1 is 1.18 bits per heavy atom. The van der Waals surface area contributed by atoms with Gasteiger partial charge >= 0.3 is 0 Å². The number of aliphatic hydroxyl groups excluding tert-OH is 1. The van der Waals surface area contributed by atoms with E-state index in [4.69, 9.17) is 27.9 Å². The van der Waals surface area contributed by atoms with Crippen molar-refractivity contribution in [3.8, 4) is 0 Å². The molecule has 0 spiro atoms. The first kappa shape index (κ1) is 13.2. The first-order chi connectivity index (χ1) is 8.15. The van der Waals surface area contributed by atoms with Crippen molar-refractivity contribution in [2.24, 2.45) is 0 Å². The third kappa shape index (κ3) is 3.85. The van der Waals surface area contributed by atoms with Gasteiger partial charge in [-0.2, -0.15) is 0 Å². The highest BCUT2D eigenvalue weighted by molar-refractivity contribution is 6.35. The van der Waals surface area contributed by atoms with Crippen LogP contribution >= 0.6 is 23.2 Å². The van der Waals surface area contributed by atoms with Crippen molar-refractivity contribution in [3.05, 3.63) is 33.8 Å². The fourth-order valence-corrected chi connectivity index (χ4v) is 2.52. The number of hydrogen-bond acceptors (Lipinski definition) is 2. The molecule has 1 aromatic rings. The molecule has 0 heterocycles. The van der Waals surface area contributed by atoms with E-state index in [2.05, 4.69) is 0 Å². The summed E-state index contributed by atoms with van der Waals surface area (Å²) in [6.45, 7) is 0.511. The van der Waals surface area contributed by atoms with Crippen molar-refractivity contribution >= 4 is 23.2 Å². The molecule has 2 nitrogen and oxygen atoms in total. The van der Waals surface area contributed by atoms with Crippen LogP contribution in [0.3, 0.4) is 0 Å². The molecule has 1 aliphatic carbocycles. The smallest absolute Gasteiger partial charge is 0.0735 e. The van der Waals surface area contributed by atoms with Gasteiger partial charge in [0, 0.05) is 10.0 Å². The molecule has 1 N–H and O–H groups in total. The molecule has 0 saturated heterocycles. The fraction of sp³-hybridized carbons (Fsp3) is 0.538. The molecular formula is C13H16Cl2O2. The number of rotatable bonds is 3. The molecule has 0 unspecified atom stereocenters. The molecule has 17 heavy (non-hydrogen) atoms. The maximum absolute atomic E-state index is 9.40. The molecular weight excluding hydrogens is 259 g/mol. The van der Waals surface area contributed by atoms with Gasteiger partial charge in [-0.15, -0.1) is 0 Å². The maximum atomic E-state index is 9.40. The Morgan fingerprint density at radius 2 is 1.88 bits per heavy atom. The molecule has 1 aromatic carbocycles. The Labute approximate surface area is 111 Å². The summed E-state index contributed by atoms with van der Waals surface area (Å²) in [6, 6.07) is 5.44. The van der Waals surface area contributed by atoms with Crippen LogP contribution in [0.5, 0.6) is 0 Å². The monoisotopic (exact) mass is 274 g/mol. The van der Waals surface area contributed by atoms with Crippen molar-refractivity contribution in [3.63, 3.8) is 0 Å². The normalized spacial score (nSPS) is 24.9. The molecule has 0 amide bonds. The van der Waals surface area contributed by atoms with Gasteiger partial charge in [-0.3, -0.25) is 0 Å². The van der Waals surface area contributed by atoms with E-state index in [1.165, 1.54) is 0 Å². The van der Waals surface area contributed by atoms with Gasteiger partial charge in [-0.25, -0.2) is 0 Å². The summed E-state index contributed by atoms with van der Waals surface area (Å²) >= 11 is 11.9. The van der Waals surface area contributed by atoms with Crippen LogP contribution < -0.4 is 0 Å². The molecule has 1 saturated carbocycles. The Morgan fingerprint density at radius 3 is 2.53 bits per heavy atom. The summed E-state index contributed by atoms with van der Waals surface area (Å²) in [6.07, 6.45) is 3.61. The van der Waals surface area contributed by atoms with Gasteiger partial charge in [0.15, 0.2) is 0 Å². The van der Waals surface area contributed by atoms with Crippen LogP contribution in [0.2, 0.25) is 10.0 Å². The first-order valence-corrected chi connectivity index (χ1v) is 6.64. The van der Waals surface area contributed by atoms with Crippen LogP contribution in [-0.4, -0.2) is 17.3 Å². The van der Waals surface area contributed by atoms with Crippen molar-refractivity contribution in [1.29, 1.82) is 0 Å². The van der Waals surface area contributed by atoms with E-state index in [0.717, 1.165) is 31.2 Å². The van der Waals surface area contributed by atoms with Crippen LogP contribution in [0.4, 0.5) is 0 Å². The topological polar surface area (TPSA) is 29.5 Å². The maximum Gasteiger partial charge on any atom is 0.0735 e. The highest BCUT2D eigenvalue weighted by atomic mass is 35.5. The highest BCUT2D eigenvalue weighted by Crippen LogP contribution is 2.25. The van der Waals surface area contributed by atoms with Gasteiger partial charge in [0.2, 0.25) is 0 Å². The number of ether oxygens (including phenoxy) is 1. The number of aliphatic hydroxyl groups is 1. The summed E-state index contributed by atoms with van der Waals surface area (Å²) < 4.78 is 5.80. The van der Waals surface area contributed by atoms with E-state index in [-0.39, 0.29) is 12.2 Å². The van der Waals surface area contributed by atoms with Crippen molar-refractivity contribution in [2.45, 2.75) is 44.5 Å². The lowest BCUT2D eigenvalue weighted by Crippen LogP contribution is -2.24. The third-order valence-electron chi connectivity index (χ3n) is 3.13. The molecule has 0 atom stereocenters. The second kappa shape index (κ2) is 6.05. The van der Waals surface area contributed by atoms with Crippen molar-refractivity contribution < 1.29 is 9.84 Å². The van der Waals surface area contributed by atoms with Crippen LogP contribution in [0.15, 0.2) is 18.2 Å². The van der Waals surface area contributed by atoms with E-state index in [9.17, 15) is 5.11 Å². The van der Waals surface area contributed by atoms with Gasteiger partial charge in [0.05, 0.1) is 18.8 Å². The Hall–Kier alpha value is -0.280. The van der Waals surface area contributed by atoms with Gasteiger partial charge in [-0.1, -0.05) is 29.3 Å². The first-order valence-electron chi connectivity index (χ1n) is 5.89. The quantitative estimate of drug-likeness (QED) is 0.908. The molecule has 0 radical (unpaired) electrons. The Balaban J connectivity index is 1.85. The van der Waals surface area contributed by atoms with E-state index in [1.54, 1.807) is 6.07 Å². The Kier molecular flexibility index (Phi) is 4.69. The molecule has 2 rings (SSSR count). The predicted molar refractivity (Wildman–Crippen MR) is 69.5 cm³/mol.